The van der Waals surface area contributed by atoms with Crippen LogP contribution in [0.25, 0.3) is 0 Å². The Bertz CT molecular complexity index is 277. The lowest BCUT2D eigenvalue weighted by Crippen LogP contribution is -2.30. The zero-order chi connectivity index (χ0) is 14.7. The molecule has 0 aromatic rings. The average molecular weight is 280 g/mol. The maximum atomic E-state index is 11.3. The molecule has 0 spiro atoms. The summed E-state index contributed by atoms with van der Waals surface area (Å²) < 4.78 is 5.37. The zero-order valence-electron chi connectivity index (χ0n) is 13.3. The maximum Gasteiger partial charge on any atom is 0.330 e. The molecule has 2 nitrogen and oxygen atoms in total. The molecule has 0 atom stereocenters. The molecule has 0 aromatic heterocycles. The van der Waals surface area contributed by atoms with Crippen LogP contribution in [0.1, 0.15) is 84.0 Å². The summed E-state index contributed by atoms with van der Waals surface area (Å²) in [6.07, 6.45) is 16.9. The van der Waals surface area contributed by atoms with Crippen molar-refractivity contribution < 1.29 is 9.53 Å². The van der Waals surface area contributed by atoms with Crippen LogP contribution in [0.2, 0.25) is 0 Å². The van der Waals surface area contributed by atoms with Crippen LogP contribution in [0, 0.1) is 5.41 Å². The van der Waals surface area contributed by atoms with Crippen molar-refractivity contribution in [1.82, 2.24) is 0 Å². The van der Waals surface area contributed by atoms with Crippen molar-refractivity contribution in [3.63, 3.8) is 0 Å². The molecular formula is C18H32O2. The van der Waals surface area contributed by atoms with Gasteiger partial charge in [0.2, 0.25) is 0 Å². The van der Waals surface area contributed by atoms with Gasteiger partial charge in [-0.15, -0.1) is 0 Å². The third-order valence-electron chi connectivity index (χ3n) is 4.66. The molecule has 1 saturated carbocycles. The van der Waals surface area contributed by atoms with Crippen molar-refractivity contribution in [3.8, 4) is 0 Å². The van der Waals surface area contributed by atoms with Crippen molar-refractivity contribution in [2.24, 2.45) is 5.41 Å². The number of ether oxygens (including phenoxy) is 1. The highest BCUT2D eigenvalue weighted by Gasteiger charge is 2.32. The molecule has 1 aliphatic carbocycles. The van der Waals surface area contributed by atoms with Gasteiger partial charge in [0.1, 0.15) is 0 Å². The van der Waals surface area contributed by atoms with Crippen LogP contribution in [0.15, 0.2) is 12.7 Å². The Kier molecular flexibility index (Phi) is 8.64. The highest BCUT2D eigenvalue weighted by atomic mass is 16.5. The molecular weight excluding hydrogens is 248 g/mol. The Balaban J connectivity index is 2.31. The van der Waals surface area contributed by atoms with E-state index in [0.29, 0.717) is 6.61 Å². The van der Waals surface area contributed by atoms with Crippen molar-refractivity contribution in [2.75, 3.05) is 6.61 Å². The van der Waals surface area contributed by atoms with Gasteiger partial charge in [0, 0.05) is 11.5 Å². The van der Waals surface area contributed by atoms with Gasteiger partial charge in [-0.3, -0.25) is 0 Å². The summed E-state index contributed by atoms with van der Waals surface area (Å²) in [6.45, 7) is 6.34. The smallest absolute Gasteiger partial charge is 0.330 e. The van der Waals surface area contributed by atoms with Crippen molar-refractivity contribution >= 4 is 5.97 Å². The van der Waals surface area contributed by atoms with Gasteiger partial charge in [-0.05, 0) is 19.3 Å². The minimum atomic E-state index is -0.266. The van der Waals surface area contributed by atoms with Crippen LogP contribution in [-0.4, -0.2) is 12.6 Å². The van der Waals surface area contributed by atoms with E-state index in [1.165, 1.54) is 83.1 Å². The van der Waals surface area contributed by atoms with Crippen LogP contribution < -0.4 is 0 Å². The third-order valence-corrected chi connectivity index (χ3v) is 4.66. The van der Waals surface area contributed by atoms with Gasteiger partial charge in [-0.25, -0.2) is 4.79 Å². The quantitative estimate of drug-likeness (QED) is 0.303. The number of carbonyl (C=O) groups is 1. The number of hydrogen-bond donors (Lipinski definition) is 0. The molecule has 1 aliphatic rings. The Morgan fingerprint density at radius 1 is 1.10 bits per heavy atom. The lowest BCUT2D eigenvalue weighted by molar-refractivity contribution is -0.142. The number of hydrogen-bond acceptors (Lipinski definition) is 2. The molecule has 0 aliphatic heterocycles. The van der Waals surface area contributed by atoms with Gasteiger partial charge in [0.25, 0.3) is 0 Å². The van der Waals surface area contributed by atoms with Gasteiger partial charge in [-0.2, -0.15) is 0 Å². The monoisotopic (exact) mass is 280 g/mol. The lowest BCUT2D eigenvalue weighted by Gasteiger charge is -2.36. The molecule has 0 radical (unpaired) electrons. The predicted molar refractivity (Wildman–Crippen MR) is 84.7 cm³/mol. The first-order valence-electron chi connectivity index (χ1n) is 8.52. The first-order chi connectivity index (χ1) is 9.72. The molecule has 0 N–H and O–H groups in total. The van der Waals surface area contributed by atoms with Crippen molar-refractivity contribution in [3.05, 3.63) is 12.7 Å². The summed E-state index contributed by atoms with van der Waals surface area (Å²) in [5.41, 5.74) is 0.266. The molecule has 0 bridgehead atoms. The number of unbranched alkanes of at least 4 members (excludes halogenated alkanes) is 5. The fourth-order valence-corrected chi connectivity index (χ4v) is 3.33. The molecule has 116 valence electrons. The SMILES string of the molecule is C=CC(=O)OCC1(CCCCCCCC)CCCCC1. The predicted octanol–water partition coefficient (Wildman–Crippen LogP) is 5.42. The second kappa shape index (κ2) is 10.0. The maximum absolute atomic E-state index is 11.3. The average Bonchev–Trinajstić information content (AvgIpc) is 2.49. The summed E-state index contributed by atoms with van der Waals surface area (Å²) in [7, 11) is 0. The molecule has 0 aromatic carbocycles. The summed E-state index contributed by atoms with van der Waals surface area (Å²) in [6, 6.07) is 0. The Labute approximate surface area is 125 Å². The second-order valence-electron chi connectivity index (χ2n) is 6.39. The Morgan fingerprint density at radius 3 is 2.40 bits per heavy atom. The first-order valence-corrected chi connectivity index (χ1v) is 8.52. The Morgan fingerprint density at radius 2 is 1.75 bits per heavy atom. The van der Waals surface area contributed by atoms with Gasteiger partial charge >= 0.3 is 5.97 Å². The van der Waals surface area contributed by atoms with E-state index in [4.69, 9.17) is 4.74 Å². The van der Waals surface area contributed by atoms with E-state index < -0.39 is 0 Å². The van der Waals surface area contributed by atoms with Crippen LogP contribution in [0.3, 0.4) is 0 Å². The largest absolute Gasteiger partial charge is 0.462 e. The van der Waals surface area contributed by atoms with Gasteiger partial charge < -0.3 is 4.74 Å². The van der Waals surface area contributed by atoms with Crippen molar-refractivity contribution in [2.45, 2.75) is 84.0 Å². The standard InChI is InChI=1S/C18H32O2/c1-3-5-6-7-8-10-13-18(14-11-9-12-15-18)16-20-17(19)4-2/h4H,2-3,5-16H2,1H3. The summed E-state index contributed by atoms with van der Waals surface area (Å²) in [5, 5.41) is 0. The van der Waals surface area contributed by atoms with E-state index in [1.54, 1.807) is 0 Å². The van der Waals surface area contributed by atoms with E-state index in [-0.39, 0.29) is 11.4 Å². The fourth-order valence-electron chi connectivity index (χ4n) is 3.33. The molecule has 2 heteroatoms. The molecule has 1 fully saturated rings. The molecule has 20 heavy (non-hydrogen) atoms. The van der Waals surface area contributed by atoms with E-state index in [1.807, 2.05) is 0 Å². The second-order valence-corrected chi connectivity index (χ2v) is 6.39. The van der Waals surface area contributed by atoms with Gasteiger partial charge in [-0.1, -0.05) is 71.3 Å². The highest BCUT2D eigenvalue weighted by Crippen LogP contribution is 2.41. The minimum Gasteiger partial charge on any atom is -0.462 e. The number of esters is 1. The molecule has 0 amide bonds. The van der Waals surface area contributed by atoms with Crippen LogP contribution in [0.5, 0.6) is 0 Å². The number of rotatable bonds is 10. The lowest BCUT2D eigenvalue weighted by atomic mass is 9.71. The normalized spacial score (nSPS) is 17.6. The van der Waals surface area contributed by atoms with Crippen LogP contribution >= 0.6 is 0 Å². The van der Waals surface area contributed by atoms with Gasteiger partial charge in [0.05, 0.1) is 6.61 Å². The van der Waals surface area contributed by atoms with Crippen LogP contribution in [0.4, 0.5) is 0 Å². The van der Waals surface area contributed by atoms with E-state index in [2.05, 4.69) is 13.5 Å². The topological polar surface area (TPSA) is 26.3 Å². The van der Waals surface area contributed by atoms with Gasteiger partial charge in [0.15, 0.2) is 0 Å². The molecule has 0 heterocycles. The summed E-state index contributed by atoms with van der Waals surface area (Å²) >= 11 is 0. The van der Waals surface area contributed by atoms with E-state index in [0.717, 1.165) is 0 Å². The van der Waals surface area contributed by atoms with Crippen LogP contribution in [-0.2, 0) is 9.53 Å². The molecule has 1 rings (SSSR count). The summed E-state index contributed by atoms with van der Waals surface area (Å²) in [5.74, 6) is -0.266. The highest BCUT2D eigenvalue weighted by molar-refractivity contribution is 5.81. The van der Waals surface area contributed by atoms with E-state index >= 15 is 0 Å². The van der Waals surface area contributed by atoms with E-state index in [9.17, 15) is 4.79 Å². The fraction of sp³-hybridized carbons (Fsp3) is 0.833. The molecule has 0 unspecified atom stereocenters. The Hall–Kier alpha value is -0.790. The third kappa shape index (κ3) is 6.58. The first kappa shape index (κ1) is 17.3. The van der Waals surface area contributed by atoms with Crippen molar-refractivity contribution in [1.29, 1.82) is 0 Å². The summed E-state index contributed by atoms with van der Waals surface area (Å²) in [4.78, 5) is 11.3. The molecule has 0 saturated heterocycles. The number of carbonyl (C=O) groups excluding carboxylic acids is 1. The zero-order valence-corrected chi connectivity index (χ0v) is 13.3. The minimum absolute atomic E-state index is 0.266.